The van der Waals surface area contributed by atoms with Crippen molar-refractivity contribution >= 4 is 39.5 Å². The van der Waals surface area contributed by atoms with Crippen LogP contribution in [0.3, 0.4) is 0 Å². The van der Waals surface area contributed by atoms with Crippen LogP contribution in [0.5, 0.6) is 0 Å². The number of aromatic nitrogens is 1. The van der Waals surface area contributed by atoms with Crippen LogP contribution in [0.4, 0.5) is 10.7 Å². The van der Waals surface area contributed by atoms with Gasteiger partial charge in [-0.25, -0.2) is 4.98 Å². The number of nitrogens with two attached hydrogens (primary N) is 1. The Bertz CT molecular complexity index is 542. The average Bonchev–Trinajstić information content (AvgIpc) is 2.80. The minimum atomic E-state index is -0.521. The molecule has 2 heterocycles. The minimum absolute atomic E-state index is 0.327. The van der Waals surface area contributed by atoms with E-state index in [1.54, 1.807) is 17.4 Å². The molecule has 2 aromatic rings. The molecule has 88 valence electrons. The lowest BCUT2D eigenvalue weighted by molar-refractivity contribution is 0.100. The molecular weight excluding hydrogens is 258 g/mol. The molecule has 0 fully saturated rings. The van der Waals surface area contributed by atoms with Gasteiger partial charge < -0.3 is 10.6 Å². The van der Waals surface area contributed by atoms with Crippen molar-refractivity contribution in [1.82, 2.24) is 4.98 Å². The Hall–Kier alpha value is -1.59. The predicted octanol–water partition coefficient (Wildman–Crippen LogP) is 2.66. The van der Waals surface area contributed by atoms with Gasteiger partial charge in [0, 0.05) is 13.2 Å². The fourth-order valence-corrected chi connectivity index (χ4v) is 2.33. The summed E-state index contributed by atoms with van der Waals surface area (Å²) in [6.45, 7) is 0. The van der Waals surface area contributed by atoms with Gasteiger partial charge >= 0.3 is 0 Å². The Morgan fingerprint density at radius 3 is 2.94 bits per heavy atom. The molecule has 0 aliphatic rings. The van der Waals surface area contributed by atoms with E-state index in [1.165, 1.54) is 6.20 Å². The fraction of sp³-hybridized carbons (Fsp3) is 0.0909. The molecule has 0 unspecified atom stereocenters. The van der Waals surface area contributed by atoms with Crippen molar-refractivity contribution in [2.75, 3.05) is 11.9 Å². The van der Waals surface area contributed by atoms with E-state index in [9.17, 15) is 4.79 Å². The summed E-state index contributed by atoms with van der Waals surface area (Å²) in [4.78, 5) is 17.0. The third-order valence-electron chi connectivity index (χ3n) is 2.31. The minimum Gasteiger partial charge on any atom is -0.365 e. The molecule has 2 aromatic heterocycles. The SMILES string of the molecule is CN(c1cccs1)c1cc(Cl)ncc1C(N)=O. The van der Waals surface area contributed by atoms with Gasteiger partial charge in [-0.05, 0) is 23.6 Å². The van der Waals surface area contributed by atoms with Crippen LogP contribution in [0.1, 0.15) is 10.4 Å². The van der Waals surface area contributed by atoms with E-state index in [1.807, 2.05) is 29.5 Å². The summed E-state index contributed by atoms with van der Waals surface area (Å²) in [5, 5.41) is 3.28. The van der Waals surface area contributed by atoms with E-state index in [0.29, 0.717) is 16.4 Å². The van der Waals surface area contributed by atoms with Gasteiger partial charge in [0.15, 0.2) is 0 Å². The number of primary amides is 1. The van der Waals surface area contributed by atoms with Crippen molar-refractivity contribution in [3.05, 3.63) is 40.5 Å². The number of amides is 1. The van der Waals surface area contributed by atoms with Crippen molar-refractivity contribution in [2.45, 2.75) is 0 Å². The zero-order valence-electron chi connectivity index (χ0n) is 9.05. The van der Waals surface area contributed by atoms with Gasteiger partial charge in [0.05, 0.1) is 16.3 Å². The number of anilines is 2. The molecule has 0 aliphatic heterocycles. The lowest BCUT2D eigenvalue weighted by Crippen LogP contribution is -2.18. The van der Waals surface area contributed by atoms with Crippen molar-refractivity contribution in [1.29, 1.82) is 0 Å². The highest BCUT2D eigenvalue weighted by molar-refractivity contribution is 7.14. The number of carbonyl (C=O) groups excluding carboxylic acids is 1. The molecule has 2 N–H and O–H groups in total. The summed E-state index contributed by atoms with van der Waals surface area (Å²) in [7, 11) is 1.85. The average molecular weight is 268 g/mol. The third kappa shape index (κ3) is 2.40. The molecule has 0 aliphatic carbocycles. The summed E-state index contributed by atoms with van der Waals surface area (Å²) in [5.41, 5.74) is 6.32. The summed E-state index contributed by atoms with van der Waals surface area (Å²) in [6.07, 6.45) is 1.39. The first-order chi connectivity index (χ1) is 8.09. The van der Waals surface area contributed by atoms with Crippen LogP contribution in [0, 0.1) is 0 Å². The highest BCUT2D eigenvalue weighted by Crippen LogP contribution is 2.31. The van der Waals surface area contributed by atoms with E-state index in [4.69, 9.17) is 17.3 Å². The van der Waals surface area contributed by atoms with Gasteiger partial charge in [0.1, 0.15) is 5.15 Å². The Morgan fingerprint density at radius 2 is 2.35 bits per heavy atom. The number of thiophene rings is 1. The number of carbonyl (C=O) groups is 1. The molecule has 4 nitrogen and oxygen atoms in total. The first-order valence-electron chi connectivity index (χ1n) is 4.82. The molecule has 0 radical (unpaired) electrons. The number of hydrogen-bond acceptors (Lipinski definition) is 4. The number of halogens is 1. The van der Waals surface area contributed by atoms with Crippen LogP contribution >= 0.6 is 22.9 Å². The van der Waals surface area contributed by atoms with Crippen LogP contribution in [0.2, 0.25) is 5.15 Å². The molecular formula is C11H10ClN3OS. The highest BCUT2D eigenvalue weighted by atomic mass is 35.5. The second-order valence-electron chi connectivity index (χ2n) is 3.40. The monoisotopic (exact) mass is 267 g/mol. The van der Waals surface area contributed by atoms with Crippen molar-refractivity contribution < 1.29 is 4.79 Å². The summed E-state index contributed by atoms with van der Waals surface area (Å²) in [6, 6.07) is 5.51. The Morgan fingerprint density at radius 1 is 1.59 bits per heavy atom. The maximum Gasteiger partial charge on any atom is 0.252 e. The fourth-order valence-electron chi connectivity index (χ4n) is 1.47. The quantitative estimate of drug-likeness (QED) is 0.870. The van der Waals surface area contributed by atoms with Crippen LogP contribution in [0.15, 0.2) is 29.8 Å². The van der Waals surface area contributed by atoms with E-state index in [-0.39, 0.29) is 0 Å². The molecule has 1 amide bonds. The lowest BCUT2D eigenvalue weighted by Gasteiger charge is -2.19. The zero-order valence-corrected chi connectivity index (χ0v) is 10.6. The Balaban J connectivity index is 2.50. The molecule has 0 bridgehead atoms. The van der Waals surface area contributed by atoms with E-state index in [2.05, 4.69) is 4.98 Å². The lowest BCUT2D eigenvalue weighted by atomic mass is 10.2. The normalized spacial score (nSPS) is 10.2. The standard InChI is InChI=1S/C11H10ClN3OS/c1-15(10-3-2-4-17-10)8-5-9(12)14-6-7(8)11(13)16/h2-6H,1H3,(H2,13,16). The molecule has 0 spiro atoms. The molecule has 2 rings (SSSR count). The molecule has 0 atom stereocenters. The molecule has 0 saturated heterocycles. The van der Waals surface area contributed by atoms with Gasteiger partial charge in [0.25, 0.3) is 5.91 Å². The number of hydrogen-bond donors (Lipinski definition) is 1. The Kier molecular flexibility index (Phi) is 3.31. The van der Waals surface area contributed by atoms with E-state index in [0.717, 1.165) is 5.00 Å². The van der Waals surface area contributed by atoms with Crippen LogP contribution in [-0.2, 0) is 0 Å². The smallest absolute Gasteiger partial charge is 0.252 e. The molecule has 6 heteroatoms. The first kappa shape index (κ1) is 11.9. The van der Waals surface area contributed by atoms with Crippen LogP contribution in [0.25, 0.3) is 0 Å². The summed E-state index contributed by atoms with van der Waals surface area (Å²) >= 11 is 7.40. The number of nitrogens with zero attached hydrogens (tertiary/aromatic N) is 2. The second kappa shape index (κ2) is 4.73. The van der Waals surface area contributed by atoms with Crippen LogP contribution < -0.4 is 10.6 Å². The van der Waals surface area contributed by atoms with Gasteiger partial charge in [-0.3, -0.25) is 4.79 Å². The molecule has 0 saturated carbocycles. The van der Waals surface area contributed by atoms with Crippen molar-refractivity contribution in [2.24, 2.45) is 5.73 Å². The maximum absolute atomic E-state index is 11.3. The first-order valence-corrected chi connectivity index (χ1v) is 6.08. The van der Waals surface area contributed by atoms with Crippen molar-refractivity contribution in [3.8, 4) is 0 Å². The van der Waals surface area contributed by atoms with Crippen molar-refractivity contribution in [3.63, 3.8) is 0 Å². The zero-order chi connectivity index (χ0) is 12.4. The van der Waals surface area contributed by atoms with Gasteiger partial charge in [-0.1, -0.05) is 11.6 Å². The third-order valence-corrected chi connectivity index (χ3v) is 3.46. The highest BCUT2D eigenvalue weighted by Gasteiger charge is 2.15. The predicted molar refractivity (Wildman–Crippen MR) is 70.1 cm³/mol. The largest absolute Gasteiger partial charge is 0.365 e. The summed E-state index contributed by atoms with van der Waals surface area (Å²) in [5.74, 6) is -0.521. The van der Waals surface area contributed by atoms with E-state index >= 15 is 0 Å². The summed E-state index contributed by atoms with van der Waals surface area (Å²) < 4.78 is 0. The topological polar surface area (TPSA) is 59.2 Å². The Labute approximate surface area is 108 Å². The molecule has 17 heavy (non-hydrogen) atoms. The van der Waals surface area contributed by atoms with Gasteiger partial charge in [-0.2, -0.15) is 0 Å². The van der Waals surface area contributed by atoms with Gasteiger partial charge in [-0.15, -0.1) is 11.3 Å². The maximum atomic E-state index is 11.3. The molecule has 0 aromatic carbocycles. The second-order valence-corrected chi connectivity index (χ2v) is 4.71. The number of rotatable bonds is 3. The van der Waals surface area contributed by atoms with Crippen LogP contribution in [-0.4, -0.2) is 17.9 Å². The number of pyridine rings is 1. The van der Waals surface area contributed by atoms with E-state index < -0.39 is 5.91 Å². The van der Waals surface area contributed by atoms with Gasteiger partial charge in [0.2, 0.25) is 0 Å².